The van der Waals surface area contributed by atoms with E-state index < -0.39 is 6.03 Å². The van der Waals surface area contributed by atoms with Gasteiger partial charge in [-0.05, 0) is 38.5 Å². The number of nitrogens with one attached hydrogen (secondary N) is 2. The molecule has 3 rings (SSSR count). The Morgan fingerprint density at radius 2 is 1.75 bits per heavy atom. The number of nitrogen functional groups attached to an aromatic ring is 1. The monoisotopic (exact) mass is 381 g/mol. The molecular formula is C21H24FN5O. The average Bonchev–Trinajstić information content (AvgIpc) is 2.99. The zero-order valence-electron chi connectivity index (χ0n) is 16.2. The first kappa shape index (κ1) is 19.4. The quantitative estimate of drug-likeness (QED) is 0.628. The lowest BCUT2D eigenvalue weighted by atomic mass is 10.1. The van der Waals surface area contributed by atoms with Gasteiger partial charge in [0.05, 0.1) is 5.54 Å². The van der Waals surface area contributed by atoms with Gasteiger partial charge in [-0.3, -0.25) is 0 Å². The maximum absolute atomic E-state index is 13.0. The van der Waals surface area contributed by atoms with Crippen LogP contribution in [0.15, 0.2) is 54.6 Å². The molecule has 4 N–H and O–H groups in total. The Bertz CT molecular complexity index is 959. The van der Waals surface area contributed by atoms with Crippen molar-refractivity contribution in [1.82, 2.24) is 15.1 Å². The normalized spacial score (nSPS) is 11.3. The summed E-state index contributed by atoms with van der Waals surface area (Å²) in [7, 11) is 0. The van der Waals surface area contributed by atoms with Crippen LogP contribution in [0, 0.1) is 5.82 Å². The average molecular weight is 381 g/mol. The number of hydrogen-bond acceptors (Lipinski definition) is 3. The molecule has 2 aromatic carbocycles. The molecule has 2 amide bonds. The zero-order chi connectivity index (χ0) is 20.3. The van der Waals surface area contributed by atoms with Gasteiger partial charge in [0.2, 0.25) is 0 Å². The summed E-state index contributed by atoms with van der Waals surface area (Å²) in [5.41, 5.74) is 8.67. The van der Waals surface area contributed by atoms with Gasteiger partial charge in [0.25, 0.3) is 0 Å². The smallest absolute Gasteiger partial charge is 0.319 e. The molecular weight excluding hydrogens is 357 g/mol. The van der Waals surface area contributed by atoms with Gasteiger partial charge >= 0.3 is 6.03 Å². The SMILES string of the molecule is CC(C)(C)n1nc(-c2ccccc2)c(NC(=O)NCc2ccc(F)cc2)c1N. The number of nitrogens with zero attached hydrogens (tertiary/aromatic N) is 2. The van der Waals surface area contributed by atoms with E-state index in [1.54, 1.807) is 16.8 Å². The third-order valence-corrected chi connectivity index (χ3v) is 4.21. The second kappa shape index (κ2) is 7.72. The molecule has 0 bridgehead atoms. The van der Waals surface area contributed by atoms with Crippen LogP contribution in [-0.2, 0) is 12.1 Å². The summed E-state index contributed by atoms with van der Waals surface area (Å²) in [4.78, 5) is 12.5. The Balaban J connectivity index is 1.84. The van der Waals surface area contributed by atoms with Gasteiger partial charge < -0.3 is 16.4 Å². The fourth-order valence-corrected chi connectivity index (χ4v) is 2.81. The maximum Gasteiger partial charge on any atom is 0.319 e. The van der Waals surface area contributed by atoms with E-state index in [0.29, 0.717) is 17.2 Å². The van der Waals surface area contributed by atoms with Crippen molar-refractivity contribution in [2.24, 2.45) is 0 Å². The Kier molecular flexibility index (Phi) is 5.35. The molecule has 0 saturated heterocycles. The molecule has 0 unspecified atom stereocenters. The second-order valence-electron chi connectivity index (χ2n) is 7.49. The van der Waals surface area contributed by atoms with Crippen molar-refractivity contribution >= 4 is 17.5 Å². The molecule has 0 radical (unpaired) electrons. The largest absolute Gasteiger partial charge is 0.382 e. The van der Waals surface area contributed by atoms with Crippen LogP contribution in [0.5, 0.6) is 0 Å². The minimum atomic E-state index is -0.415. The number of nitrogens with two attached hydrogens (primary N) is 1. The number of carbonyl (C=O) groups is 1. The van der Waals surface area contributed by atoms with Crippen molar-refractivity contribution in [3.63, 3.8) is 0 Å². The van der Waals surface area contributed by atoms with Crippen LogP contribution in [0.25, 0.3) is 11.3 Å². The summed E-state index contributed by atoms with van der Waals surface area (Å²) < 4.78 is 14.7. The Morgan fingerprint density at radius 3 is 2.36 bits per heavy atom. The lowest BCUT2D eigenvalue weighted by molar-refractivity contribution is 0.251. The van der Waals surface area contributed by atoms with Crippen LogP contribution in [-0.4, -0.2) is 15.8 Å². The number of amides is 2. The van der Waals surface area contributed by atoms with E-state index in [1.807, 2.05) is 51.1 Å². The molecule has 0 saturated carbocycles. The summed E-state index contributed by atoms with van der Waals surface area (Å²) in [5.74, 6) is 0.0614. The van der Waals surface area contributed by atoms with E-state index in [9.17, 15) is 9.18 Å². The van der Waals surface area contributed by atoms with Gasteiger partial charge in [0.15, 0.2) is 0 Å². The first-order chi connectivity index (χ1) is 13.3. The molecule has 1 heterocycles. The highest BCUT2D eigenvalue weighted by Crippen LogP contribution is 2.35. The predicted octanol–water partition coefficient (Wildman–Crippen LogP) is 4.35. The van der Waals surface area contributed by atoms with Crippen LogP contribution in [0.1, 0.15) is 26.3 Å². The van der Waals surface area contributed by atoms with Gasteiger partial charge in [-0.25, -0.2) is 13.9 Å². The summed E-state index contributed by atoms with van der Waals surface area (Å²) >= 11 is 0. The van der Waals surface area contributed by atoms with Gasteiger partial charge in [0, 0.05) is 12.1 Å². The fourth-order valence-electron chi connectivity index (χ4n) is 2.81. The molecule has 0 spiro atoms. The lowest BCUT2D eigenvalue weighted by Crippen LogP contribution is -2.29. The zero-order valence-corrected chi connectivity index (χ0v) is 16.2. The van der Waals surface area contributed by atoms with Crippen molar-refractivity contribution in [1.29, 1.82) is 0 Å². The molecule has 0 aliphatic carbocycles. The number of urea groups is 1. The van der Waals surface area contributed by atoms with Crippen molar-refractivity contribution < 1.29 is 9.18 Å². The van der Waals surface area contributed by atoms with Crippen molar-refractivity contribution in [2.45, 2.75) is 32.9 Å². The predicted molar refractivity (Wildman–Crippen MR) is 109 cm³/mol. The van der Waals surface area contributed by atoms with E-state index >= 15 is 0 Å². The van der Waals surface area contributed by atoms with Gasteiger partial charge in [-0.2, -0.15) is 5.10 Å². The first-order valence-electron chi connectivity index (χ1n) is 8.99. The highest BCUT2D eigenvalue weighted by Gasteiger charge is 2.25. The topological polar surface area (TPSA) is 85.0 Å². The Hall–Kier alpha value is -3.35. The molecule has 1 aromatic heterocycles. The summed E-state index contributed by atoms with van der Waals surface area (Å²) in [6.45, 7) is 6.23. The maximum atomic E-state index is 13.0. The van der Waals surface area contributed by atoms with E-state index in [1.165, 1.54) is 12.1 Å². The van der Waals surface area contributed by atoms with E-state index in [0.717, 1.165) is 11.1 Å². The highest BCUT2D eigenvalue weighted by molar-refractivity contribution is 5.97. The van der Waals surface area contributed by atoms with Crippen molar-refractivity contribution in [3.05, 3.63) is 66.0 Å². The minimum absolute atomic E-state index is 0.264. The molecule has 0 atom stereocenters. The third-order valence-electron chi connectivity index (χ3n) is 4.21. The Labute approximate surface area is 163 Å². The van der Waals surface area contributed by atoms with Crippen molar-refractivity contribution in [2.75, 3.05) is 11.1 Å². The fraction of sp³-hybridized carbons (Fsp3) is 0.238. The first-order valence-corrected chi connectivity index (χ1v) is 8.99. The van der Waals surface area contributed by atoms with Crippen LogP contribution in [0.2, 0.25) is 0 Å². The molecule has 0 aliphatic heterocycles. The highest BCUT2D eigenvalue weighted by atomic mass is 19.1. The molecule has 0 fully saturated rings. The van der Waals surface area contributed by atoms with Gasteiger partial charge in [0.1, 0.15) is 23.0 Å². The molecule has 146 valence electrons. The number of halogens is 1. The second-order valence-corrected chi connectivity index (χ2v) is 7.49. The molecule has 7 heteroatoms. The molecule has 0 aliphatic rings. The molecule has 3 aromatic rings. The van der Waals surface area contributed by atoms with Gasteiger partial charge in [-0.1, -0.05) is 42.5 Å². The van der Waals surface area contributed by atoms with E-state index in [4.69, 9.17) is 5.73 Å². The van der Waals surface area contributed by atoms with Crippen LogP contribution in [0.3, 0.4) is 0 Å². The number of rotatable bonds is 4. The van der Waals surface area contributed by atoms with Crippen LogP contribution in [0.4, 0.5) is 20.7 Å². The summed E-state index contributed by atoms with van der Waals surface area (Å²) in [6, 6.07) is 15.1. The summed E-state index contributed by atoms with van der Waals surface area (Å²) in [6.07, 6.45) is 0. The summed E-state index contributed by atoms with van der Waals surface area (Å²) in [5, 5.41) is 10.2. The Morgan fingerprint density at radius 1 is 1.11 bits per heavy atom. The number of anilines is 2. The lowest BCUT2D eigenvalue weighted by Gasteiger charge is -2.20. The van der Waals surface area contributed by atoms with Gasteiger partial charge in [-0.15, -0.1) is 0 Å². The standard InChI is InChI=1S/C21H24FN5O/c1-21(2,3)27-19(23)18(17(26-27)15-7-5-4-6-8-15)25-20(28)24-13-14-9-11-16(22)12-10-14/h4-12H,13,23H2,1-3H3,(H2,24,25,28). The van der Waals surface area contributed by atoms with E-state index in [2.05, 4.69) is 15.7 Å². The number of carbonyl (C=O) groups excluding carboxylic acids is 1. The van der Waals surface area contributed by atoms with Crippen LogP contribution < -0.4 is 16.4 Å². The number of hydrogen-bond donors (Lipinski definition) is 3. The van der Waals surface area contributed by atoms with E-state index in [-0.39, 0.29) is 17.9 Å². The number of aromatic nitrogens is 2. The molecule has 28 heavy (non-hydrogen) atoms. The van der Waals surface area contributed by atoms with Crippen molar-refractivity contribution in [3.8, 4) is 11.3 Å². The van der Waals surface area contributed by atoms with Crippen LogP contribution >= 0.6 is 0 Å². The molecule has 6 nitrogen and oxygen atoms in total. The minimum Gasteiger partial charge on any atom is -0.382 e. The third kappa shape index (κ3) is 4.31. The number of benzene rings is 2.